The summed E-state index contributed by atoms with van der Waals surface area (Å²) in [6, 6.07) is 11.9. The lowest BCUT2D eigenvalue weighted by atomic mass is 9.71. The van der Waals surface area contributed by atoms with Crippen LogP contribution in [0.4, 0.5) is 8.78 Å². The van der Waals surface area contributed by atoms with Crippen molar-refractivity contribution in [1.82, 2.24) is 15.5 Å². The number of hydrogen-bond donors (Lipinski definition) is 2. The number of halogens is 2. The van der Waals surface area contributed by atoms with Gasteiger partial charge in [0, 0.05) is 23.0 Å². The number of benzene rings is 2. The van der Waals surface area contributed by atoms with Crippen LogP contribution in [0, 0.1) is 11.6 Å². The Morgan fingerprint density at radius 2 is 1.78 bits per heavy atom. The van der Waals surface area contributed by atoms with E-state index < -0.39 is 17.2 Å². The molecule has 118 valence electrons. The molecule has 0 spiro atoms. The Kier molecular flexibility index (Phi) is 3.38. The van der Waals surface area contributed by atoms with E-state index in [0.717, 1.165) is 35.9 Å². The maximum Gasteiger partial charge on any atom is 0.131 e. The van der Waals surface area contributed by atoms with E-state index in [4.69, 9.17) is 0 Å². The van der Waals surface area contributed by atoms with Crippen molar-refractivity contribution in [3.05, 3.63) is 65.4 Å². The van der Waals surface area contributed by atoms with E-state index in [9.17, 15) is 8.78 Å². The van der Waals surface area contributed by atoms with E-state index in [1.807, 2.05) is 24.3 Å². The van der Waals surface area contributed by atoms with Crippen molar-refractivity contribution in [1.29, 1.82) is 0 Å². The predicted molar refractivity (Wildman–Crippen MR) is 84.8 cm³/mol. The minimum Gasteiger partial charge on any atom is -0.301 e. The molecule has 1 fully saturated rings. The second-order valence-electron chi connectivity index (χ2n) is 6.11. The molecule has 1 aliphatic carbocycles. The lowest BCUT2D eigenvalue weighted by Crippen LogP contribution is -2.49. The average Bonchev–Trinajstić information content (AvgIpc) is 2.92. The summed E-state index contributed by atoms with van der Waals surface area (Å²) in [6.07, 6.45) is 2.43. The molecule has 3 aromatic rings. The van der Waals surface area contributed by atoms with Gasteiger partial charge in [0.25, 0.3) is 0 Å². The van der Waals surface area contributed by atoms with Crippen LogP contribution < -0.4 is 5.32 Å². The molecular weight excluding hydrogens is 296 g/mol. The zero-order chi connectivity index (χ0) is 15.9. The summed E-state index contributed by atoms with van der Waals surface area (Å²) < 4.78 is 28.4. The third-order valence-electron chi connectivity index (χ3n) is 4.79. The molecule has 0 radical (unpaired) electrons. The molecule has 2 aromatic carbocycles. The number of aromatic amines is 1. The fourth-order valence-corrected chi connectivity index (χ4v) is 3.41. The fraction of sp³-hybridized carbons (Fsp3) is 0.278. The maximum atomic E-state index is 14.2. The van der Waals surface area contributed by atoms with Gasteiger partial charge in [-0.15, -0.1) is 0 Å². The van der Waals surface area contributed by atoms with Gasteiger partial charge < -0.3 is 5.32 Å². The summed E-state index contributed by atoms with van der Waals surface area (Å²) in [6.45, 7) is 0.494. The SMILES string of the molecule is Fc1cccc(F)c1C1(NCc2[nH]nc3ccccc23)CCC1. The zero-order valence-electron chi connectivity index (χ0n) is 12.6. The van der Waals surface area contributed by atoms with Gasteiger partial charge in [0.1, 0.15) is 11.6 Å². The number of nitrogens with one attached hydrogen (secondary N) is 2. The Balaban J connectivity index is 1.64. The molecule has 0 atom stereocenters. The summed E-state index contributed by atoms with van der Waals surface area (Å²) >= 11 is 0. The first-order valence-corrected chi connectivity index (χ1v) is 7.81. The Morgan fingerprint density at radius 3 is 2.48 bits per heavy atom. The van der Waals surface area contributed by atoms with Crippen molar-refractivity contribution in [3.8, 4) is 0 Å². The smallest absolute Gasteiger partial charge is 0.131 e. The molecule has 5 heteroatoms. The monoisotopic (exact) mass is 313 g/mol. The Morgan fingerprint density at radius 1 is 1.04 bits per heavy atom. The summed E-state index contributed by atoms with van der Waals surface area (Å²) in [4.78, 5) is 0. The highest BCUT2D eigenvalue weighted by molar-refractivity contribution is 5.81. The van der Waals surface area contributed by atoms with Gasteiger partial charge in [-0.05, 0) is 37.5 Å². The number of hydrogen-bond acceptors (Lipinski definition) is 2. The molecular formula is C18H17F2N3. The first-order valence-electron chi connectivity index (χ1n) is 7.81. The van der Waals surface area contributed by atoms with Crippen molar-refractivity contribution in [2.75, 3.05) is 0 Å². The number of H-pyrrole nitrogens is 1. The summed E-state index contributed by atoms with van der Waals surface area (Å²) in [7, 11) is 0. The number of fused-ring (bicyclic) bond motifs is 1. The van der Waals surface area contributed by atoms with Crippen molar-refractivity contribution in [3.63, 3.8) is 0 Å². The van der Waals surface area contributed by atoms with E-state index in [0.29, 0.717) is 6.54 Å². The zero-order valence-corrected chi connectivity index (χ0v) is 12.6. The molecule has 2 N–H and O–H groups in total. The lowest BCUT2D eigenvalue weighted by molar-refractivity contribution is 0.170. The molecule has 23 heavy (non-hydrogen) atoms. The van der Waals surface area contributed by atoms with Crippen LogP contribution in [-0.2, 0) is 12.1 Å². The molecule has 3 nitrogen and oxygen atoms in total. The standard InChI is InChI=1S/C18H17F2N3/c19-13-6-3-7-14(20)17(13)18(9-4-10-18)21-11-16-12-5-1-2-8-15(12)22-23-16/h1-3,5-8,21H,4,9-11H2,(H,22,23). The van der Waals surface area contributed by atoms with Gasteiger partial charge >= 0.3 is 0 Å². The second-order valence-corrected chi connectivity index (χ2v) is 6.11. The first-order chi connectivity index (χ1) is 11.2. The highest BCUT2D eigenvalue weighted by atomic mass is 19.1. The lowest BCUT2D eigenvalue weighted by Gasteiger charge is -2.43. The normalized spacial score (nSPS) is 16.4. The molecule has 1 heterocycles. The van der Waals surface area contributed by atoms with E-state index in [1.54, 1.807) is 0 Å². The predicted octanol–water partition coefficient (Wildman–Crippen LogP) is 4.01. The third-order valence-corrected chi connectivity index (χ3v) is 4.79. The van der Waals surface area contributed by atoms with Gasteiger partial charge in [0.05, 0.1) is 11.2 Å². The average molecular weight is 313 g/mol. The van der Waals surface area contributed by atoms with Crippen LogP contribution in [0.5, 0.6) is 0 Å². The van der Waals surface area contributed by atoms with Crippen LogP contribution in [0.25, 0.3) is 10.9 Å². The van der Waals surface area contributed by atoms with Crippen molar-refractivity contribution in [2.45, 2.75) is 31.3 Å². The summed E-state index contributed by atoms with van der Waals surface area (Å²) in [5.74, 6) is -0.960. The Hall–Kier alpha value is -2.27. The van der Waals surface area contributed by atoms with Crippen LogP contribution >= 0.6 is 0 Å². The van der Waals surface area contributed by atoms with Crippen molar-refractivity contribution in [2.24, 2.45) is 0 Å². The van der Waals surface area contributed by atoms with Crippen LogP contribution in [0.15, 0.2) is 42.5 Å². The van der Waals surface area contributed by atoms with Crippen molar-refractivity contribution >= 4 is 10.9 Å². The van der Waals surface area contributed by atoms with Gasteiger partial charge in [-0.25, -0.2) is 8.78 Å². The van der Waals surface area contributed by atoms with Gasteiger partial charge in [0.2, 0.25) is 0 Å². The quantitative estimate of drug-likeness (QED) is 0.764. The van der Waals surface area contributed by atoms with Gasteiger partial charge in [0.15, 0.2) is 0 Å². The van der Waals surface area contributed by atoms with E-state index in [2.05, 4.69) is 15.5 Å². The van der Waals surface area contributed by atoms with Gasteiger partial charge in [-0.2, -0.15) is 5.10 Å². The summed E-state index contributed by atoms with van der Waals surface area (Å²) in [5, 5.41) is 11.7. The molecule has 1 saturated carbocycles. The molecule has 1 aromatic heterocycles. The number of para-hydroxylation sites is 1. The topological polar surface area (TPSA) is 40.7 Å². The molecule has 1 aliphatic rings. The molecule has 4 rings (SSSR count). The van der Waals surface area contributed by atoms with Crippen LogP contribution in [0.2, 0.25) is 0 Å². The highest BCUT2D eigenvalue weighted by Gasteiger charge is 2.42. The highest BCUT2D eigenvalue weighted by Crippen LogP contribution is 2.43. The minimum atomic E-state index is -0.623. The summed E-state index contributed by atoms with van der Waals surface area (Å²) in [5.41, 5.74) is 1.37. The Bertz CT molecular complexity index is 832. The fourth-order valence-electron chi connectivity index (χ4n) is 3.41. The molecule has 0 amide bonds. The van der Waals surface area contributed by atoms with Gasteiger partial charge in [-0.3, -0.25) is 5.10 Å². The Labute approximate surface area is 132 Å². The van der Waals surface area contributed by atoms with Gasteiger partial charge in [-0.1, -0.05) is 24.3 Å². The maximum absolute atomic E-state index is 14.2. The molecule has 0 aliphatic heterocycles. The van der Waals surface area contributed by atoms with E-state index >= 15 is 0 Å². The molecule has 0 bridgehead atoms. The number of rotatable bonds is 4. The number of aromatic nitrogens is 2. The van der Waals surface area contributed by atoms with Crippen LogP contribution in [0.1, 0.15) is 30.5 Å². The second kappa shape index (κ2) is 5.42. The van der Waals surface area contributed by atoms with E-state index in [1.165, 1.54) is 18.2 Å². The largest absolute Gasteiger partial charge is 0.301 e. The minimum absolute atomic E-state index is 0.162. The molecule has 0 saturated heterocycles. The molecule has 0 unspecified atom stereocenters. The van der Waals surface area contributed by atoms with Crippen LogP contribution in [-0.4, -0.2) is 10.2 Å². The number of nitrogens with zero attached hydrogens (tertiary/aromatic N) is 1. The first kappa shape index (κ1) is 14.3. The third kappa shape index (κ3) is 2.32. The van der Waals surface area contributed by atoms with Crippen molar-refractivity contribution < 1.29 is 8.78 Å². The van der Waals surface area contributed by atoms with Crippen LogP contribution in [0.3, 0.4) is 0 Å². The van der Waals surface area contributed by atoms with E-state index in [-0.39, 0.29) is 5.56 Å².